The van der Waals surface area contributed by atoms with Gasteiger partial charge in [-0.1, -0.05) is 18.2 Å². The van der Waals surface area contributed by atoms with Gasteiger partial charge in [0.1, 0.15) is 5.75 Å². The van der Waals surface area contributed by atoms with E-state index in [-0.39, 0.29) is 12.0 Å². The zero-order chi connectivity index (χ0) is 18.9. The van der Waals surface area contributed by atoms with E-state index in [0.29, 0.717) is 30.9 Å². The Kier molecular flexibility index (Phi) is 7.33. The molecule has 2 rings (SSSR count). The predicted octanol–water partition coefficient (Wildman–Crippen LogP) is 3.74. The lowest BCUT2D eigenvalue weighted by molar-refractivity contribution is -0.121. The second kappa shape index (κ2) is 9.70. The molecule has 0 heterocycles. The predicted molar refractivity (Wildman–Crippen MR) is 102 cm³/mol. The van der Waals surface area contributed by atoms with Gasteiger partial charge in [-0.2, -0.15) is 0 Å². The molecule has 0 bridgehead atoms. The summed E-state index contributed by atoms with van der Waals surface area (Å²) >= 11 is 0. The van der Waals surface area contributed by atoms with Crippen LogP contribution in [0.3, 0.4) is 0 Å². The van der Waals surface area contributed by atoms with Crippen LogP contribution in [0.1, 0.15) is 31.4 Å². The van der Waals surface area contributed by atoms with Crippen LogP contribution in [-0.2, 0) is 17.8 Å². The quantitative estimate of drug-likeness (QED) is 0.743. The lowest BCUT2D eigenvalue weighted by atomic mass is 10.1. The Morgan fingerprint density at radius 2 is 1.62 bits per heavy atom. The monoisotopic (exact) mass is 357 g/mol. The summed E-state index contributed by atoms with van der Waals surface area (Å²) in [7, 11) is 3.21. The SMILES string of the molecule is COc1ccc(CCC(=O)NCc2ccc(OC(C)C)cc2)cc1OC. The molecule has 0 radical (unpaired) electrons. The highest BCUT2D eigenvalue weighted by molar-refractivity contribution is 5.76. The molecule has 0 fully saturated rings. The fraction of sp³-hybridized carbons (Fsp3) is 0.381. The van der Waals surface area contributed by atoms with E-state index in [1.165, 1.54) is 0 Å². The van der Waals surface area contributed by atoms with Gasteiger partial charge >= 0.3 is 0 Å². The van der Waals surface area contributed by atoms with Crippen LogP contribution in [0.5, 0.6) is 17.2 Å². The molecule has 0 aromatic heterocycles. The lowest BCUT2D eigenvalue weighted by Crippen LogP contribution is -2.23. The van der Waals surface area contributed by atoms with Crippen LogP contribution in [-0.4, -0.2) is 26.2 Å². The van der Waals surface area contributed by atoms with Gasteiger partial charge in [0, 0.05) is 13.0 Å². The molecule has 5 nitrogen and oxygen atoms in total. The van der Waals surface area contributed by atoms with Gasteiger partial charge < -0.3 is 19.5 Å². The first-order chi connectivity index (χ1) is 12.5. The molecule has 2 aromatic carbocycles. The smallest absolute Gasteiger partial charge is 0.220 e. The number of methoxy groups -OCH3 is 2. The van der Waals surface area contributed by atoms with Crippen molar-refractivity contribution in [3.8, 4) is 17.2 Å². The van der Waals surface area contributed by atoms with Crippen LogP contribution in [0.2, 0.25) is 0 Å². The Hall–Kier alpha value is -2.69. The van der Waals surface area contributed by atoms with E-state index < -0.39 is 0 Å². The fourth-order valence-corrected chi connectivity index (χ4v) is 2.54. The molecule has 0 saturated carbocycles. The van der Waals surface area contributed by atoms with E-state index in [2.05, 4.69) is 5.32 Å². The summed E-state index contributed by atoms with van der Waals surface area (Å²) in [5.41, 5.74) is 2.08. The summed E-state index contributed by atoms with van der Waals surface area (Å²) in [5.74, 6) is 2.21. The third-order valence-corrected chi connectivity index (χ3v) is 3.87. The molecule has 26 heavy (non-hydrogen) atoms. The highest BCUT2D eigenvalue weighted by atomic mass is 16.5. The fourth-order valence-electron chi connectivity index (χ4n) is 2.54. The van der Waals surface area contributed by atoms with Crippen LogP contribution < -0.4 is 19.5 Å². The van der Waals surface area contributed by atoms with Crippen molar-refractivity contribution in [1.82, 2.24) is 5.32 Å². The van der Waals surface area contributed by atoms with Crippen molar-refractivity contribution in [3.63, 3.8) is 0 Å². The van der Waals surface area contributed by atoms with Crippen molar-refractivity contribution >= 4 is 5.91 Å². The Balaban J connectivity index is 1.80. The molecule has 140 valence electrons. The summed E-state index contributed by atoms with van der Waals surface area (Å²) in [5, 5.41) is 2.94. The van der Waals surface area contributed by atoms with E-state index in [1.807, 2.05) is 56.3 Å². The minimum absolute atomic E-state index is 0.0160. The van der Waals surface area contributed by atoms with Gasteiger partial charge in [0.25, 0.3) is 0 Å². The van der Waals surface area contributed by atoms with E-state index in [0.717, 1.165) is 16.9 Å². The number of nitrogens with one attached hydrogen (secondary N) is 1. The lowest BCUT2D eigenvalue weighted by Gasteiger charge is -2.11. The van der Waals surface area contributed by atoms with Crippen molar-refractivity contribution < 1.29 is 19.0 Å². The Labute approximate surface area is 155 Å². The van der Waals surface area contributed by atoms with Crippen molar-refractivity contribution in [2.24, 2.45) is 0 Å². The average Bonchev–Trinajstić information content (AvgIpc) is 2.65. The van der Waals surface area contributed by atoms with E-state index in [1.54, 1.807) is 14.2 Å². The largest absolute Gasteiger partial charge is 0.493 e. The number of carbonyl (C=O) groups is 1. The highest BCUT2D eigenvalue weighted by Crippen LogP contribution is 2.27. The highest BCUT2D eigenvalue weighted by Gasteiger charge is 2.07. The molecule has 2 aromatic rings. The molecule has 0 saturated heterocycles. The number of benzene rings is 2. The first-order valence-corrected chi connectivity index (χ1v) is 8.75. The van der Waals surface area contributed by atoms with Gasteiger partial charge in [-0.25, -0.2) is 0 Å². The van der Waals surface area contributed by atoms with Crippen molar-refractivity contribution in [2.75, 3.05) is 14.2 Å². The van der Waals surface area contributed by atoms with Gasteiger partial charge in [-0.3, -0.25) is 4.79 Å². The Bertz CT molecular complexity index is 710. The van der Waals surface area contributed by atoms with Gasteiger partial charge in [-0.05, 0) is 55.7 Å². The van der Waals surface area contributed by atoms with Crippen molar-refractivity contribution in [1.29, 1.82) is 0 Å². The molecule has 0 aliphatic heterocycles. The number of carbonyl (C=O) groups excluding carboxylic acids is 1. The third kappa shape index (κ3) is 5.99. The first-order valence-electron chi connectivity index (χ1n) is 8.75. The van der Waals surface area contributed by atoms with E-state index >= 15 is 0 Å². The van der Waals surface area contributed by atoms with Gasteiger partial charge in [0.05, 0.1) is 20.3 Å². The molecule has 0 unspecified atom stereocenters. The van der Waals surface area contributed by atoms with Crippen LogP contribution >= 0.6 is 0 Å². The van der Waals surface area contributed by atoms with Crippen LogP contribution in [0.15, 0.2) is 42.5 Å². The molecule has 0 atom stereocenters. The number of amides is 1. The van der Waals surface area contributed by atoms with Crippen molar-refractivity contribution in [3.05, 3.63) is 53.6 Å². The van der Waals surface area contributed by atoms with Gasteiger partial charge in [0.2, 0.25) is 5.91 Å². The van der Waals surface area contributed by atoms with E-state index in [4.69, 9.17) is 14.2 Å². The molecule has 5 heteroatoms. The summed E-state index contributed by atoms with van der Waals surface area (Å²) in [4.78, 5) is 12.1. The molecule has 0 aliphatic carbocycles. The maximum Gasteiger partial charge on any atom is 0.220 e. The second-order valence-electron chi connectivity index (χ2n) is 6.28. The van der Waals surface area contributed by atoms with Crippen LogP contribution in [0, 0.1) is 0 Å². The summed E-state index contributed by atoms with van der Waals surface area (Å²) in [6.45, 7) is 4.49. The molecule has 0 spiro atoms. The second-order valence-corrected chi connectivity index (χ2v) is 6.28. The number of ether oxygens (including phenoxy) is 3. The first kappa shape index (κ1) is 19.6. The normalized spacial score (nSPS) is 10.5. The topological polar surface area (TPSA) is 56.8 Å². The summed E-state index contributed by atoms with van der Waals surface area (Å²) in [6, 6.07) is 13.5. The standard InChI is InChI=1S/C21H27NO4/c1-15(2)26-18-9-5-17(6-10-18)14-22-21(23)12-8-16-7-11-19(24-3)20(13-16)25-4/h5-7,9-11,13,15H,8,12,14H2,1-4H3,(H,22,23). The number of aryl methyl sites for hydroxylation is 1. The molecule has 1 amide bonds. The number of hydrogen-bond acceptors (Lipinski definition) is 4. The zero-order valence-electron chi connectivity index (χ0n) is 15.9. The number of hydrogen-bond donors (Lipinski definition) is 1. The Morgan fingerprint density at radius 3 is 2.23 bits per heavy atom. The van der Waals surface area contributed by atoms with Gasteiger partial charge in [-0.15, -0.1) is 0 Å². The molecule has 0 aliphatic rings. The summed E-state index contributed by atoms with van der Waals surface area (Å²) in [6.07, 6.45) is 1.22. The molecular weight excluding hydrogens is 330 g/mol. The van der Waals surface area contributed by atoms with Gasteiger partial charge in [0.15, 0.2) is 11.5 Å². The van der Waals surface area contributed by atoms with Crippen molar-refractivity contribution in [2.45, 2.75) is 39.3 Å². The number of rotatable bonds is 9. The zero-order valence-corrected chi connectivity index (χ0v) is 15.9. The average molecular weight is 357 g/mol. The maximum atomic E-state index is 12.1. The molecular formula is C21H27NO4. The van der Waals surface area contributed by atoms with Crippen LogP contribution in [0.4, 0.5) is 0 Å². The third-order valence-electron chi connectivity index (χ3n) is 3.87. The Morgan fingerprint density at radius 1 is 0.962 bits per heavy atom. The minimum atomic E-state index is 0.0160. The maximum absolute atomic E-state index is 12.1. The minimum Gasteiger partial charge on any atom is -0.493 e. The van der Waals surface area contributed by atoms with E-state index in [9.17, 15) is 4.79 Å². The summed E-state index contributed by atoms with van der Waals surface area (Å²) < 4.78 is 16.1. The molecule has 1 N–H and O–H groups in total. The van der Waals surface area contributed by atoms with Crippen LogP contribution in [0.25, 0.3) is 0 Å².